The SMILES string of the molecule is CCCC(CCC)S(=O)(=O)CC(NC(=O)c1ccccc1)C(=O)O[C@H](CNCc1cccc(CC)c1)[C@@H](N)Cc1cc(F)cc(F)c1. The first-order chi connectivity index (χ1) is 22.4. The third-order valence-electron chi connectivity index (χ3n) is 7.97. The van der Waals surface area contributed by atoms with Crippen LogP contribution in [0.5, 0.6) is 0 Å². The number of carbonyl (C=O) groups excluding carboxylic acids is 2. The number of nitrogens with one attached hydrogen (secondary N) is 2. The van der Waals surface area contributed by atoms with Gasteiger partial charge in [0.2, 0.25) is 0 Å². The number of ether oxygens (including phenoxy) is 1. The maximum atomic E-state index is 14.0. The molecule has 3 aromatic carbocycles. The molecule has 0 radical (unpaired) electrons. The number of esters is 1. The van der Waals surface area contributed by atoms with E-state index in [1.54, 1.807) is 30.3 Å². The first-order valence-corrected chi connectivity index (χ1v) is 17.9. The number of halogens is 2. The molecule has 0 heterocycles. The number of carbonyl (C=O) groups is 2. The predicted molar refractivity (Wildman–Crippen MR) is 181 cm³/mol. The molecule has 1 amide bonds. The fourth-order valence-electron chi connectivity index (χ4n) is 5.48. The van der Waals surface area contributed by atoms with Gasteiger partial charge in [-0.05, 0) is 66.6 Å². The Hall–Kier alpha value is -3.67. The summed E-state index contributed by atoms with van der Waals surface area (Å²) in [7, 11) is -3.84. The Morgan fingerprint density at radius 1 is 0.851 bits per heavy atom. The molecule has 0 aliphatic carbocycles. The standard InChI is InChI=1S/C36H47F2N3O5S/c1-4-11-31(12-5-2)47(44,45)24-33(41-35(42)28-15-8-7-9-16-28)36(43)46-34(23-40-22-26-14-10-13-25(6-3)17-26)32(39)20-27-18-29(37)21-30(38)19-27/h7-10,13-19,21,31-34,40H,4-6,11-12,20,22-24,39H2,1-3H3,(H,41,42)/t32-,33?,34+/m0/s1. The molecular formula is C36H47F2N3O5S. The average Bonchev–Trinajstić information content (AvgIpc) is 3.03. The molecule has 0 saturated carbocycles. The van der Waals surface area contributed by atoms with Crippen LogP contribution in [0.2, 0.25) is 0 Å². The molecule has 0 aliphatic heterocycles. The third kappa shape index (κ3) is 12.1. The zero-order valence-electron chi connectivity index (χ0n) is 27.4. The van der Waals surface area contributed by atoms with Gasteiger partial charge in [0.05, 0.1) is 11.0 Å². The van der Waals surface area contributed by atoms with Gasteiger partial charge >= 0.3 is 5.97 Å². The van der Waals surface area contributed by atoms with Gasteiger partial charge in [-0.3, -0.25) is 4.79 Å². The number of benzene rings is 3. The van der Waals surface area contributed by atoms with Gasteiger partial charge in [0, 0.05) is 30.8 Å². The van der Waals surface area contributed by atoms with Crippen LogP contribution in [0.1, 0.15) is 73.5 Å². The molecule has 0 bridgehead atoms. The maximum Gasteiger partial charge on any atom is 0.330 e. The van der Waals surface area contributed by atoms with Crippen molar-refractivity contribution in [1.29, 1.82) is 0 Å². The van der Waals surface area contributed by atoms with Crippen molar-refractivity contribution < 1.29 is 31.5 Å². The number of hydrogen-bond acceptors (Lipinski definition) is 7. The lowest BCUT2D eigenvalue weighted by Gasteiger charge is -2.28. The van der Waals surface area contributed by atoms with E-state index in [2.05, 4.69) is 17.6 Å². The van der Waals surface area contributed by atoms with E-state index in [0.717, 1.165) is 35.7 Å². The highest BCUT2D eigenvalue weighted by Gasteiger charge is 2.35. The Kier molecular flexibility index (Phi) is 15.0. The van der Waals surface area contributed by atoms with Crippen molar-refractivity contribution in [3.05, 3.63) is 107 Å². The van der Waals surface area contributed by atoms with Crippen LogP contribution in [0.25, 0.3) is 0 Å². The van der Waals surface area contributed by atoms with E-state index in [1.807, 2.05) is 38.1 Å². The van der Waals surface area contributed by atoms with Gasteiger partial charge in [0.1, 0.15) is 23.8 Å². The van der Waals surface area contributed by atoms with Gasteiger partial charge in [-0.1, -0.05) is 76.1 Å². The van der Waals surface area contributed by atoms with Crippen LogP contribution in [0.3, 0.4) is 0 Å². The van der Waals surface area contributed by atoms with Crippen molar-refractivity contribution in [2.45, 2.75) is 89.3 Å². The third-order valence-corrected chi connectivity index (χ3v) is 10.3. The van der Waals surface area contributed by atoms with Crippen LogP contribution < -0.4 is 16.4 Å². The summed E-state index contributed by atoms with van der Waals surface area (Å²) in [4.78, 5) is 27.0. The van der Waals surface area contributed by atoms with E-state index in [1.165, 1.54) is 0 Å². The lowest BCUT2D eigenvalue weighted by atomic mass is 10.0. The molecule has 47 heavy (non-hydrogen) atoms. The van der Waals surface area contributed by atoms with Gasteiger partial charge in [-0.15, -0.1) is 0 Å². The Morgan fingerprint density at radius 2 is 1.49 bits per heavy atom. The molecular weight excluding hydrogens is 624 g/mol. The fraction of sp³-hybridized carbons (Fsp3) is 0.444. The molecule has 11 heteroatoms. The zero-order valence-corrected chi connectivity index (χ0v) is 28.2. The normalized spacial score (nSPS) is 13.6. The van der Waals surface area contributed by atoms with Crippen molar-refractivity contribution >= 4 is 21.7 Å². The molecule has 0 saturated heterocycles. The molecule has 4 N–H and O–H groups in total. The first-order valence-electron chi connectivity index (χ1n) is 16.2. The Morgan fingerprint density at radius 3 is 2.11 bits per heavy atom. The second kappa shape index (κ2) is 18.6. The van der Waals surface area contributed by atoms with Crippen molar-refractivity contribution in [1.82, 2.24) is 10.6 Å². The number of sulfone groups is 1. The number of hydrogen-bond donors (Lipinski definition) is 3. The topological polar surface area (TPSA) is 128 Å². The van der Waals surface area contributed by atoms with Crippen LogP contribution in [0, 0.1) is 11.6 Å². The molecule has 256 valence electrons. The van der Waals surface area contributed by atoms with Gasteiger partial charge < -0.3 is 21.1 Å². The lowest BCUT2D eigenvalue weighted by molar-refractivity contribution is -0.151. The van der Waals surface area contributed by atoms with Gasteiger partial charge in [0.15, 0.2) is 9.84 Å². The van der Waals surface area contributed by atoms with Crippen LogP contribution in [-0.2, 0) is 38.8 Å². The molecule has 3 rings (SSSR count). The minimum absolute atomic E-state index is 0.0337. The van der Waals surface area contributed by atoms with Crippen LogP contribution >= 0.6 is 0 Å². The Bertz CT molecular complexity index is 1530. The summed E-state index contributed by atoms with van der Waals surface area (Å²) in [6, 6.07) is 16.7. The molecule has 8 nitrogen and oxygen atoms in total. The zero-order chi connectivity index (χ0) is 34.4. The molecule has 3 atom stereocenters. The molecule has 1 unspecified atom stereocenters. The molecule has 0 aromatic heterocycles. The smallest absolute Gasteiger partial charge is 0.330 e. The quantitative estimate of drug-likeness (QED) is 0.148. The highest BCUT2D eigenvalue weighted by atomic mass is 32.2. The minimum atomic E-state index is -3.84. The maximum absolute atomic E-state index is 14.0. The lowest BCUT2D eigenvalue weighted by Crippen LogP contribution is -2.52. The molecule has 3 aromatic rings. The van der Waals surface area contributed by atoms with Gasteiger partial charge in [0.25, 0.3) is 5.91 Å². The van der Waals surface area contributed by atoms with Crippen molar-refractivity contribution in [2.24, 2.45) is 5.73 Å². The van der Waals surface area contributed by atoms with Crippen molar-refractivity contribution in [2.75, 3.05) is 12.3 Å². The van der Waals surface area contributed by atoms with E-state index in [9.17, 15) is 26.8 Å². The summed E-state index contributed by atoms with van der Waals surface area (Å²) in [5.41, 5.74) is 9.17. The Balaban J connectivity index is 1.88. The van der Waals surface area contributed by atoms with Crippen LogP contribution in [0.4, 0.5) is 8.78 Å². The average molecular weight is 672 g/mol. The number of rotatable bonds is 19. The van der Waals surface area contributed by atoms with Gasteiger partial charge in [-0.2, -0.15) is 0 Å². The van der Waals surface area contributed by atoms with Crippen molar-refractivity contribution in [3.8, 4) is 0 Å². The Labute approximate surface area is 277 Å². The molecule has 0 aliphatic rings. The van der Waals surface area contributed by atoms with E-state index in [4.69, 9.17) is 10.5 Å². The highest BCUT2D eigenvalue weighted by Crippen LogP contribution is 2.19. The highest BCUT2D eigenvalue weighted by molar-refractivity contribution is 7.92. The van der Waals surface area contributed by atoms with E-state index in [0.29, 0.717) is 32.2 Å². The van der Waals surface area contributed by atoms with Crippen LogP contribution in [-0.4, -0.2) is 56.0 Å². The number of aryl methyl sites for hydroxylation is 1. The molecule has 0 fully saturated rings. The number of nitrogens with two attached hydrogens (primary N) is 1. The molecule has 0 spiro atoms. The summed E-state index contributed by atoms with van der Waals surface area (Å²) in [6.45, 7) is 6.31. The summed E-state index contributed by atoms with van der Waals surface area (Å²) in [6.07, 6.45) is 1.91. The summed E-state index contributed by atoms with van der Waals surface area (Å²) in [5, 5.41) is 5.14. The number of amides is 1. The summed E-state index contributed by atoms with van der Waals surface area (Å²) < 4.78 is 61.0. The van der Waals surface area contributed by atoms with E-state index < -0.39 is 62.5 Å². The summed E-state index contributed by atoms with van der Waals surface area (Å²) >= 11 is 0. The second-order valence-corrected chi connectivity index (χ2v) is 14.2. The predicted octanol–water partition coefficient (Wildman–Crippen LogP) is 5.28. The van der Waals surface area contributed by atoms with Crippen molar-refractivity contribution in [3.63, 3.8) is 0 Å². The minimum Gasteiger partial charge on any atom is -0.458 e. The first kappa shape index (κ1) is 37.8. The monoisotopic (exact) mass is 671 g/mol. The van der Waals surface area contributed by atoms with E-state index >= 15 is 0 Å². The fourth-order valence-corrected chi connectivity index (χ4v) is 7.62. The van der Waals surface area contributed by atoms with Gasteiger partial charge in [-0.25, -0.2) is 22.0 Å². The second-order valence-electron chi connectivity index (χ2n) is 11.8. The van der Waals surface area contributed by atoms with E-state index in [-0.39, 0.29) is 24.1 Å². The largest absolute Gasteiger partial charge is 0.458 e. The summed E-state index contributed by atoms with van der Waals surface area (Å²) in [5.74, 6) is -3.78. The van der Waals surface area contributed by atoms with Crippen LogP contribution in [0.15, 0.2) is 72.8 Å².